The van der Waals surface area contributed by atoms with Gasteiger partial charge in [-0.15, -0.1) is 0 Å². The molecule has 0 radical (unpaired) electrons. The minimum Gasteiger partial charge on any atom is -0.469 e. The van der Waals surface area contributed by atoms with Crippen LogP contribution in [0.5, 0.6) is 0 Å². The first-order chi connectivity index (χ1) is 9.16. The minimum absolute atomic E-state index is 0.0346. The number of nitrogens with zero attached hydrogens (tertiary/aromatic N) is 2. The molecule has 1 fully saturated rings. The molecule has 0 amide bonds. The van der Waals surface area contributed by atoms with E-state index in [1.54, 1.807) is 0 Å². The van der Waals surface area contributed by atoms with E-state index in [-0.39, 0.29) is 44.8 Å². The fourth-order valence-corrected chi connectivity index (χ4v) is 3.99. The Morgan fingerprint density at radius 3 is 2.05 bits per heavy atom. The van der Waals surface area contributed by atoms with Gasteiger partial charge in [-0.05, 0) is 6.42 Å². The van der Waals surface area contributed by atoms with Gasteiger partial charge < -0.3 is 4.74 Å². The molecule has 1 rings (SSSR count). The normalized spacial score (nSPS) is 18.9. The third-order valence-corrected chi connectivity index (χ3v) is 6.00. The highest BCUT2D eigenvalue weighted by molar-refractivity contribution is 7.89. The first kappa shape index (κ1) is 17.3. The smallest absolute Gasteiger partial charge is 0.305 e. The monoisotopic (exact) mass is 329 g/mol. The Hall–Kier alpha value is -0.750. The molecule has 0 saturated carbocycles. The highest BCUT2D eigenvalue weighted by atomic mass is 32.2. The van der Waals surface area contributed by atoms with Crippen LogP contribution in [-0.4, -0.2) is 70.5 Å². The average Bonchev–Trinajstić information content (AvgIpc) is 2.37. The third kappa shape index (κ3) is 4.98. The molecule has 0 aliphatic carbocycles. The summed E-state index contributed by atoms with van der Waals surface area (Å²) in [7, 11) is -6.03. The molecule has 0 aromatic heterocycles. The Balaban J connectivity index is 2.49. The second-order valence-electron chi connectivity index (χ2n) is 4.34. The van der Waals surface area contributed by atoms with E-state index in [2.05, 4.69) is 4.74 Å². The molecule has 0 unspecified atom stereocenters. The fraction of sp³-hybridized carbons (Fsp3) is 0.889. The Bertz CT molecular complexity index is 536. The van der Waals surface area contributed by atoms with Gasteiger partial charge in [0.25, 0.3) is 10.2 Å². The number of carbonyl (C=O) groups is 1. The quantitative estimate of drug-likeness (QED) is 0.567. The van der Waals surface area contributed by atoms with Gasteiger partial charge in [0.15, 0.2) is 0 Å². The molecule has 0 atom stereocenters. The third-order valence-electron chi connectivity index (χ3n) is 2.96. The van der Waals surface area contributed by atoms with Gasteiger partial charge in [0.05, 0.1) is 12.9 Å². The summed E-state index contributed by atoms with van der Waals surface area (Å²) < 4.78 is 52.9. The van der Waals surface area contributed by atoms with Crippen molar-refractivity contribution in [3.8, 4) is 0 Å². The van der Waals surface area contributed by atoms with Crippen LogP contribution in [0.1, 0.15) is 12.8 Å². The van der Waals surface area contributed by atoms with Gasteiger partial charge in [-0.3, -0.25) is 4.79 Å². The Labute approximate surface area is 118 Å². The van der Waals surface area contributed by atoms with Crippen LogP contribution >= 0.6 is 0 Å². The summed E-state index contributed by atoms with van der Waals surface area (Å²) >= 11 is 0. The number of nitrogens with two attached hydrogens (primary N) is 1. The van der Waals surface area contributed by atoms with Crippen LogP contribution in [0, 0.1) is 0 Å². The average molecular weight is 329 g/mol. The summed E-state index contributed by atoms with van der Waals surface area (Å²) in [6, 6.07) is 0. The van der Waals surface area contributed by atoms with Gasteiger partial charge in [-0.2, -0.15) is 17.0 Å². The number of ether oxygens (including phenoxy) is 1. The molecule has 1 saturated heterocycles. The van der Waals surface area contributed by atoms with Crippen molar-refractivity contribution in [1.82, 2.24) is 8.61 Å². The van der Waals surface area contributed by atoms with Gasteiger partial charge in [0, 0.05) is 32.6 Å². The molecule has 0 aromatic rings. The number of rotatable bonds is 6. The van der Waals surface area contributed by atoms with Crippen molar-refractivity contribution in [2.45, 2.75) is 12.8 Å². The molecule has 11 heteroatoms. The van der Waals surface area contributed by atoms with E-state index in [9.17, 15) is 21.6 Å². The van der Waals surface area contributed by atoms with Crippen molar-refractivity contribution in [1.29, 1.82) is 0 Å². The lowest BCUT2D eigenvalue weighted by Gasteiger charge is -2.32. The molecular formula is C9H19N3O6S2. The van der Waals surface area contributed by atoms with E-state index < -0.39 is 26.2 Å². The maximum atomic E-state index is 12.0. The molecule has 9 nitrogen and oxygen atoms in total. The van der Waals surface area contributed by atoms with E-state index in [1.807, 2.05) is 0 Å². The van der Waals surface area contributed by atoms with Crippen LogP contribution in [0.2, 0.25) is 0 Å². The van der Waals surface area contributed by atoms with E-state index >= 15 is 0 Å². The van der Waals surface area contributed by atoms with Crippen molar-refractivity contribution in [2.75, 3.05) is 39.0 Å². The van der Waals surface area contributed by atoms with Gasteiger partial charge in [0.2, 0.25) is 10.0 Å². The standard InChI is InChI=1S/C9H19N3O6S2/c1-18-9(13)3-2-8-19(14,15)11-4-6-12(7-5-11)20(10,16)17/h2-8H2,1H3,(H2,10,16,17). The summed E-state index contributed by atoms with van der Waals surface area (Å²) in [6.07, 6.45) is 0.206. The van der Waals surface area contributed by atoms with Crippen LogP contribution < -0.4 is 5.14 Å². The van der Waals surface area contributed by atoms with E-state index in [1.165, 1.54) is 11.4 Å². The number of carbonyl (C=O) groups excluding carboxylic acids is 1. The lowest BCUT2D eigenvalue weighted by atomic mass is 10.3. The SMILES string of the molecule is COC(=O)CCCS(=O)(=O)N1CCN(S(N)(=O)=O)CC1. The zero-order valence-electron chi connectivity index (χ0n) is 11.2. The summed E-state index contributed by atoms with van der Waals surface area (Å²) in [4.78, 5) is 10.9. The first-order valence-electron chi connectivity index (χ1n) is 5.99. The van der Waals surface area contributed by atoms with Crippen LogP contribution in [0.25, 0.3) is 0 Å². The second kappa shape index (κ2) is 6.80. The van der Waals surface area contributed by atoms with Gasteiger partial charge in [-0.25, -0.2) is 13.6 Å². The molecular weight excluding hydrogens is 310 g/mol. The molecule has 20 heavy (non-hydrogen) atoms. The number of hydrogen-bond donors (Lipinski definition) is 1. The van der Waals surface area contributed by atoms with E-state index in [0.29, 0.717) is 0 Å². The molecule has 0 spiro atoms. The molecule has 118 valence electrons. The lowest BCUT2D eigenvalue weighted by Crippen LogP contribution is -2.52. The molecule has 0 bridgehead atoms. The van der Waals surface area contributed by atoms with E-state index in [4.69, 9.17) is 5.14 Å². The number of hydrogen-bond acceptors (Lipinski definition) is 6. The minimum atomic E-state index is -3.78. The second-order valence-corrected chi connectivity index (χ2v) is 7.97. The van der Waals surface area contributed by atoms with Crippen LogP contribution in [0.4, 0.5) is 0 Å². The molecule has 2 N–H and O–H groups in total. The maximum absolute atomic E-state index is 12.0. The Morgan fingerprint density at radius 2 is 1.60 bits per heavy atom. The molecule has 1 aliphatic heterocycles. The number of methoxy groups -OCH3 is 1. The maximum Gasteiger partial charge on any atom is 0.305 e. The highest BCUT2D eigenvalue weighted by Gasteiger charge is 2.30. The Kier molecular flexibility index (Phi) is 5.89. The Morgan fingerprint density at radius 1 is 1.10 bits per heavy atom. The van der Waals surface area contributed by atoms with Crippen molar-refractivity contribution < 1.29 is 26.4 Å². The van der Waals surface area contributed by atoms with Gasteiger partial charge in [0.1, 0.15) is 0 Å². The van der Waals surface area contributed by atoms with Gasteiger partial charge >= 0.3 is 5.97 Å². The highest BCUT2D eigenvalue weighted by Crippen LogP contribution is 2.11. The van der Waals surface area contributed by atoms with Crippen LogP contribution in [0.3, 0.4) is 0 Å². The zero-order valence-corrected chi connectivity index (χ0v) is 12.8. The molecule has 1 heterocycles. The van der Waals surface area contributed by atoms with Crippen LogP contribution in [-0.2, 0) is 29.8 Å². The summed E-state index contributed by atoms with van der Waals surface area (Å²) in [5.41, 5.74) is 0. The van der Waals surface area contributed by atoms with Gasteiger partial charge in [-0.1, -0.05) is 0 Å². The topological polar surface area (TPSA) is 127 Å². The summed E-state index contributed by atoms with van der Waals surface area (Å²) in [5, 5.41) is 4.97. The molecule has 0 aromatic carbocycles. The van der Waals surface area contributed by atoms with Crippen molar-refractivity contribution in [2.24, 2.45) is 5.14 Å². The first-order valence-corrected chi connectivity index (χ1v) is 9.10. The van der Waals surface area contributed by atoms with E-state index in [0.717, 1.165) is 4.31 Å². The number of piperazine rings is 1. The van der Waals surface area contributed by atoms with Crippen molar-refractivity contribution >= 4 is 26.2 Å². The lowest BCUT2D eigenvalue weighted by molar-refractivity contribution is -0.140. The number of esters is 1. The number of sulfonamides is 1. The molecule has 1 aliphatic rings. The summed E-state index contributed by atoms with van der Waals surface area (Å²) in [6.45, 7) is 0.206. The zero-order chi connectivity index (χ0) is 15.4. The fourth-order valence-electron chi connectivity index (χ4n) is 1.83. The van der Waals surface area contributed by atoms with Crippen LogP contribution in [0.15, 0.2) is 0 Å². The predicted molar refractivity (Wildman–Crippen MR) is 71.3 cm³/mol. The predicted octanol–water partition coefficient (Wildman–Crippen LogP) is -1.91. The largest absolute Gasteiger partial charge is 0.469 e. The van der Waals surface area contributed by atoms with Crippen molar-refractivity contribution in [3.63, 3.8) is 0 Å². The van der Waals surface area contributed by atoms with Crippen molar-refractivity contribution in [3.05, 3.63) is 0 Å². The summed E-state index contributed by atoms with van der Waals surface area (Å²) in [5.74, 6) is -0.628.